The van der Waals surface area contributed by atoms with E-state index in [1.165, 1.54) is 32.1 Å². The molecule has 1 aliphatic heterocycles. The predicted molar refractivity (Wildman–Crippen MR) is 99.0 cm³/mol. The second-order valence-electron chi connectivity index (χ2n) is 6.40. The van der Waals surface area contributed by atoms with Gasteiger partial charge >= 0.3 is 5.97 Å². The van der Waals surface area contributed by atoms with Gasteiger partial charge in [0, 0.05) is 12.3 Å². The van der Waals surface area contributed by atoms with Gasteiger partial charge in [0.15, 0.2) is 6.29 Å². The van der Waals surface area contributed by atoms with Crippen molar-refractivity contribution in [2.45, 2.75) is 105 Å². The summed E-state index contributed by atoms with van der Waals surface area (Å²) in [7, 11) is 0. The van der Waals surface area contributed by atoms with Crippen LogP contribution in [0.4, 0.5) is 0 Å². The van der Waals surface area contributed by atoms with Crippen LogP contribution in [0.25, 0.3) is 0 Å². The maximum Gasteiger partial charge on any atom is 0.306 e. The molecular formula is C20H40O4. The Morgan fingerprint density at radius 2 is 1.54 bits per heavy atom. The number of carbonyl (C=O) groups is 1. The lowest BCUT2D eigenvalue weighted by atomic mass is 10.1. The highest BCUT2D eigenvalue weighted by molar-refractivity contribution is 5.69. The van der Waals surface area contributed by atoms with E-state index in [1.807, 2.05) is 13.8 Å². The van der Waals surface area contributed by atoms with E-state index in [9.17, 15) is 4.79 Å². The van der Waals surface area contributed by atoms with E-state index in [2.05, 4.69) is 20.8 Å². The van der Waals surface area contributed by atoms with Crippen molar-refractivity contribution < 1.29 is 19.0 Å². The highest BCUT2D eigenvalue weighted by Gasteiger charge is 2.27. The molecule has 0 spiro atoms. The van der Waals surface area contributed by atoms with Crippen molar-refractivity contribution in [3.8, 4) is 0 Å². The molecule has 0 N–H and O–H groups in total. The van der Waals surface area contributed by atoms with Gasteiger partial charge < -0.3 is 14.2 Å². The number of hydrogen-bond acceptors (Lipinski definition) is 4. The van der Waals surface area contributed by atoms with Crippen LogP contribution >= 0.6 is 0 Å². The third-order valence-electron chi connectivity index (χ3n) is 4.28. The van der Waals surface area contributed by atoms with E-state index < -0.39 is 0 Å². The molecule has 1 fully saturated rings. The predicted octanol–water partition coefficient (Wildman–Crippen LogP) is 5.48. The molecule has 1 atom stereocenters. The van der Waals surface area contributed by atoms with Crippen molar-refractivity contribution in [2.24, 2.45) is 5.92 Å². The fourth-order valence-electron chi connectivity index (χ4n) is 2.56. The van der Waals surface area contributed by atoms with Crippen molar-refractivity contribution in [3.05, 3.63) is 0 Å². The molecule has 0 radical (unpaired) electrons. The molecule has 4 heteroatoms. The Labute approximate surface area is 149 Å². The first-order valence-electron chi connectivity index (χ1n) is 10.1. The van der Waals surface area contributed by atoms with Crippen LogP contribution in [0, 0.1) is 5.92 Å². The minimum atomic E-state index is -0.239. The maximum absolute atomic E-state index is 11.8. The van der Waals surface area contributed by atoms with E-state index in [0.29, 0.717) is 25.6 Å². The van der Waals surface area contributed by atoms with Crippen LogP contribution in [-0.2, 0) is 19.0 Å². The first kappa shape index (κ1) is 23.4. The monoisotopic (exact) mass is 344 g/mol. The summed E-state index contributed by atoms with van der Waals surface area (Å²) >= 11 is 0. The Balaban J connectivity index is 0.00000254. The molecule has 0 aliphatic carbocycles. The second-order valence-corrected chi connectivity index (χ2v) is 6.40. The van der Waals surface area contributed by atoms with Gasteiger partial charge in [0.25, 0.3) is 0 Å². The standard InChI is InChI=1S/C18H34O4.C2H6/c1-4-6-7-8-9-10-11-12-17(19)22-16-13-20-18(21-14-16)15(3)5-2;1-2/h15-16,18H,4-14H2,1-3H3;1-2H3. The summed E-state index contributed by atoms with van der Waals surface area (Å²) in [5.41, 5.74) is 0. The van der Waals surface area contributed by atoms with Crippen molar-refractivity contribution in [1.29, 1.82) is 0 Å². The molecule has 0 bridgehead atoms. The van der Waals surface area contributed by atoms with Gasteiger partial charge in [-0.05, 0) is 12.8 Å². The van der Waals surface area contributed by atoms with Gasteiger partial charge in [0.05, 0.1) is 13.2 Å². The second kappa shape index (κ2) is 15.9. The minimum Gasteiger partial charge on any atom is -0.457 e. The molecule has 0 saturated carbocycles. The van der Waals surface area contributed by atoms with Crippen LogP contribution in [0.3, 0.4) is 0 Å². The Kier molecular flexibility index (Phi) is 15.5. The lowest BCUT2D eigenvalue weighted by Gasteiger charge is -2.32. The molecule has 0 amide bonds. The molecular weight excluding hydrogens is 304 g/mol. The summed E-state index contributed by atoms with van der Waals surface area (Å²) < 4.78 is 16.7. The molecule has 1 unspecified atom stereocenters. The summed E-state index contributed by atoms with van der Waals surface area (Å²) in [5, 5.41) is 0. The normalized spacial score (nSPS) is 21.5. The van der Waals surface area contributed by atoms with E-state index >= 15 is 0 Å². The summed E-state index contributed by atoms with van der Waals surface area (Å²) in [6.07, 6.45) is 9.60. The number of hydrogen-bond donors (Lipinski definition) is 0. The Hall–Kier alpha value is -0.610. The van der Waals surface area contributed by atoms with Gasteiger partial charge in [-0.15, -0.1) is 0 Å². The third kappa shape index (κ3) is 11.0. The quantitative estimate of drug-likeness (QED) is 0.367. The summed E-state index contributed by atoms with van der Waals surface area (Å²) in [5.74, 6) is 0.261. The average molecular weight is 345 g/mol. The first-order chi connectivity index (χ1) is 11.7. The molecule has 0 aromatic rings. The van der Waals surface area contributed by atoms with Crippen molar-refractivity contribution in [1.82, 2.24) is 0 Å². The Morgan fingerprint density at radius 1 is 1.00 bits per heavy atom. The highest BCUT2D eigenvalue weighted by Crippen LogP contribution is 2.19. The van der Waals surface area contributed by atoms with Crippen LogP contribution in [0.15, 0.2) is 0 Å². The molecule has 24 heavy (non-hydrogen) atoms. The Morgan fingerprint density at radius 3 is 2.08 bits per heavy atom. The summed E-state index contributed by atoms with van der Waals surface area (Å²) in [4.78, 5) is 11.8. The van der Waals surface area contributed by atoms with Crippen LogP contribution in [-0.4, -0.2) is 31.6 Å². The van der Waals surface area contributed by atoms with Gasteiger partial charge in [-0.3, -0.25) is 4.79 Å². The minimum absolute atomic E-state index is 0.118. The number of rotatable bonds is 11. The molecule has 0 aromatic carbocycles. The molecule has 0 aromatic heterocycles. The molecule has 1 aliphatic rings. The van der Waals surface area contributed by atoms with E-state index in [1.54, 1.807) is 0 Å². The molecule has 1 heterocycles. The largest absolute Gasteiger partial charge is 0.457 e. The molecule has 1 saturated heterocycles. The van der Waals surface area contributed by atoms with E-state index in [4.69, 9.17) is 14.2 Å². The number of carbonyl (C=O) groups excluding carboxylic acids is 1. The highest BCUT2D eigenvalue weighted by atomic mass is 16.7. The number of esters is 1. The molecule has 4 nitrogen and oxygen atoms in total. The van der Waals surface area contributed by atoms with E-state index in [-0.39, 0.29) is 18.4 Å². The van der Waals surface area contributed by atoms with Crippen molar-refractivity contribution in [3.63, 3.8) is 0 Å². The van der Waals surface area contributed by atoms with Crippen LogP contribution < -0.4 is 0 Å². The lowest BCUT2D eigenvalue weighted by molar-refractivity contribution is -0.242. The Bertz CT molecular complexity index is 285. The fourth-order valence-corrected chi connectivity index (χ4v) is 2.56. The first-order valence-corrected chi connectivity index (χ1v) is 10.1. The van der Waals surface area contributed by atoms with Gasteiger partial charge in [0.2, 0.25) is 0 Å². The summed E-state index contributed by atoms with van der Waals surface area (Å²) in [6.45, 7) is 11.4. The van der Waals surface area contributed by atoms with Gasteiger partial charge in [-0.25, -0.2) is 0 Å². The zero-order chi connectivity index (χ0) is 18.2. The lowest BCUT2D eigenvalue weighted by Crippen LogP contribution is -2.41. The summed E-state index contributed by atoms with van der Waals surface area (Å²) in [6, 6.07) is 0. The third-order valence-corrected chi connectivity index (χ3v) is 4.28. The topological polar surface area (TPSA) is 44.8 Å². The zero-order valence-corrected chi connectivity index (χ0v) is 16.6. The number of unbranched alkanes of at least 4 members (excludes halogenated alkanes) is 6. The van der Waals surface area contributed by atoms with Crippen LogP contribution in [0.1, 0.15) is 92.4 Å². The van der Waals surface area contributed by atoms with Gasteiger partial charge in [-0.2, -0.15) is 0 Å². The number of ether oxygens (including phenoxy) is 3. The maximum atomic E-state index is 11.8. The van der Waals surface area contributed by atoms with Crippen molar-refractivity contribution >= 4 is 5.97 Å². The van der Waals surface area contributed by atoms with Crippen LogP contribution in [0.5, 0.6) is 0 Å². The fraction of sp³-hybridized carbons (Fsp3) is 0.950. The SMILES string of the molecule is CC.CCCCCCCCCC(=O)OC1COC(C(C)CC)OC1. The smallest absolute Gasteiger partial charge is 0.306 e. The zero-order valence-electron chi connectivity index (χ0n) is 16.6. The van der Waals surface area contributed by atoms with Gasteiger partial charge in [-0.1, -0.05) is 73.1 Å². The van der Waals surface area contributed by atoms with Crippen molar-refractivity contribution in [2.75, 3.05) is 13.2 Å². The molecule has 144 valence electrons. The average Bonchev–Trinajstić information content (AvgIpc) is 2.62. The van der Waals surface area contributed by atoms with Gasteiger partial charge in [0.1, 0.15) is 6.10 Å². The van der Waals surface area contributed by atoms with E-state index in [0.717, 1.165) is 19.3 Å². The van der Waals surface area contributed by atoms with Crippen LogP contribution in [0.2, 0.25) is 0 Å². The molecule has 1 rings (SSSR count).